The molecular weight excluding hydrogens is 609 g/mol. The standard InChI is InChI=1S/C35H39F3N6O3/c1-20-9-11-25(12-10-20)44-29(19-28(42-44)34(3,4)5)41-33(46)40-24-8-6-7-22(16-24)15-23-17-26-13-14-27(18-23)43(26)32(45)30-31(35(36,37)38)47-21(2)39-30/h6-12,16,19,23,26-27H,13-15,17-18H2,1-5H3,(H2,40,41,46). The zero-order chi connectivity index (χ0) is 33.7. The number of benzene rings is 2. The number of rotatable bonds is 6. The van der Waals surface area contributed by atoms with Crippen LogP contribution in [-0.2, 0) is 18.0 Å². The van der Waals surface area contributed by atoms with Crippen molar-refractivity contribution in [2.75, 3.05) is 10.6 Å². The molecule has 2 atom stereocenters. The number of alkyl halides is 3. The Labute approximate surface area is 271 Å². The number of hydrogen-bond acceptors (Lipinski definition) is 5. The number of anilines is 2. The number of aromatic nitrogens is 3. The lowest BCUT2D eigenvalue weighted by Gasteiger charge is -2.39. The van der Waals surface area contributed by atoms with Gasteiger partial charge in [0.1, 0.15) is 5.82 Å². The second-order valence-electron chi connectivity index (χ2n) is 13.7. The van der Waals surface area contributed by atoms with Crippen LogP contribution in [0.2, 0.25) is 0 Å². The smallest absolute Gasteiger partial charge is 0.436 e. The maximum Gasteiger partial charge on any atom is 0.452 e. The molecular formula is C35H39F3N6O3. The van der Waals surface area contributed by atoms with Crippen LogP contribution in [0.15, 0.2) is 59.0 Å². The predicted octanol–water partition coefficient (Wildman–Crippen LogP) is 8.06. The van der Waals surface area contributed by atoms with Crippen molar-refractivity contribution in [3.63, 3.8) is 0 Å². The summed E-state index contributed by atoms with van der Waals surface area (Å²) in [6.45, 7) is 9.53. The Morgan fingerprint density at radius 1 is 0.957 bits per heavy atom. The van der Waals surface area contributed by atoms with E-state index in [1.165, 1.54) is 6.92 Å². The van der Waals surface area contributed by atoms with Crippen LogP contribution < -0.4 is 10.6 Å². The van der Waals surface area contributed by atoms with E-state index in [1.807, 2.05) is 61.5 Å². The maximum atomic E-state index is 13.5. The topological polar surface area (TPSA) is 105 Å². The number of halogens is 3. The second-order valence-corrected chi connectivity index (χ2v) is 13.7. The monoisotopic (exact) mass is 648 g/mol. The van der Waals surface area contributed by atoms with E-state index < -0.39 is 29.6 Å². The van der Waals surface area contributed by atoms with E-state index in [0.29, 0.717) is 24.3 Å². The molecule has 2 bridgehead atoms. The molecule has 0 aliphatic carbocycles. The lowest BCUT2D eigenvalue weighted by atomic mass is 9.85. The molecule has 2 N–H and O–H groups in total. The molecule has 47 heavy (non-hydrogen) atoms. The molecule has 2 unspecified atom stereocenters. The Morgan fingerprint density at radius 2 is 1.64 bits per heavy atom. The first-order chi connectivity index (χ1) is 22.2. The maximum absolute atomic E-state index is 13.5. The molecule has 6 rings (SSSR count). The summed E-state index contributed by atoms with van der Waals surface area (Å²) in [5.41, 5.74) is 3.58. The molecule has 2 aromatic heterocycles. The van der Waals surface area contributed by atoms with Crippen LogP contribution >= 0.6 is 0 Å². The molecule has 2 aromatic carbocycles. The van der Waals surface area contributed by atoms with E-state index in [1.54, 1.807) is 9.58 Å². The molecule has 2 saturated heterocycles. The molecule has 248 valence electrons. The third-order valence-electron chi connectivity index (χ3n) is 8.97. The number of aryl methyl sites for hydroxylation is 2. The van der Waals surface area contributed by atoms with Crippen LogP contribution in [0.5, 0.6) is 0 Å². The quantitative estimate of drug-likeness (QED) is 0.220. The molecule has 2 fully saturated rings. The number of piperidine rings is 1. The number of nitrogens with zero attached hydrogens (tertiary/aromatic N) is 4. The molecule has 2 aliphatic rings. The summed E-state index contributed by atoms with van der Waals surface area (Å²) in [6.07, 6.45) is -1.24. The SMILES string of the molecule is Cc1ccc(-n2nc(C(C)(C)C)cc2NC(=O)Nc2cccc(CC3CC4CCC(C3)N4C(=O)c3nc(C)oc3C(F)(F)F)c2)cc1. The first-order valence-electron chi connectivity index (χ1n) is 15.9. The van der Waals surface area contributed by atoms with E-state index in [-0.39, 0.29) is 29.3 Å². The van der Waals surface area contributed by atoms with E-state index in [2.05, 4.69) is 36.4 Å². The van der Waals surface area contributed by atoms with Crippen molar-refractivity contribution >= 4 is 23.4 Å². The highest BCUT2D eigenvalue weighted by molar-refractivity contribution is 5.99. The summed E-state index contributed by atoms with van der Waals surface area (Å²) < 4.78 is 47.1. The van der Waals surface area contributed by atoms with Gasteiger partial charge in [-0.25, -0.2) is 14.5 Å². The molecule has 3 amide bonds. The van der Waals surface area contributed by atoms with Crippen LogP contribution in [0, 0.1) is 19.8 Å². The number of hydrogen-bond donors (Lipinski definition) is 2. The molecule has 4 heterocycles. The largest absolute Gasteiger partial charge is 0.452 e. The number of oxazole rings is 1. The van der Waals surface area contributed by atoms with Crippen molar-refractivity contribution in [3.05, 3.63) is 88.8 Å². The van der Waals surface area contributed by atoms with E-state index in [9.17, 15) is 22.8 Å². The van der Waals surface area contributed by atoms with Gasteiger partial charge in [-0.05, 0) is 74.8 Å². The van der Waals surface area contributed by atoms with Crippen molar-refractivity contribution in [1.82, 2.24) is 19.7 Å². The first kappa shape index (κ1) is 32.3. The molecule has 4 aromatic rings. The van der Waals surface area contributed by atoms with Gasteiger partial charge in [0.05, 0.1) is 11.4 Å². The zero-order valence-corrected chi connectivity index (χ0v) is 27.1. The molecule has 0 saturated carbocycles. The van der Waals surface area contributed by atoms with Gasteiger partial charge < -0.3 is 14.6 Å². The Morgan fingerprint density at radius 3 is 2.28 bits per heavy atom. The Kier molecular flexibility index (Phi) is 8.39. The van der Waals surface area contributed by atoms with Gasteiger partial charge in [0.15, 0.2) is 11.6 Å². The van der Waals surface area contributed by atoms with Crippen molar-refractivity contribution in [2.45, 2.75) is 90.4 Å². The molecule has 2 aliphatic heterocycles. The van der Waals surface area contributed by atoms with E-state index in [0.717, 1.165) is 41.8 Å². The highest BCUT2D eigenvalue weighted by Crippen LogP contribution is 2.42. The fourth-order valence-corrected chi connectivity index (χ4v) is 6.78. The van der Waals surface area contributed by atoms with Gasteiger partial charge in [-0.15, -0.1) is 0 Å². The first-order valence-corrected chi connectivity index (χ1v) is 15.9. The number of carbonyl (C=O) groups is 2. The third-order valence-corrected chi connectivity index (χ3v) is 8.97. The van der Waals surface area contributed by atoms with Crippen molar-refractivity contribution < 1.29 is 27.2 Å². The minimum absolute atomic E-state index is 0.159. The normalized spacial score (nSPS) is 19.6. The minimum Gasteiger partial charge on any atom is -0.436 e. The Bertz CT molecular complexity index is 1770. The van der Waals surface area contributed by atoms with Gasteiger partial charge >= 0.3 is 12.2 Å². The predicted molar refractivity (Wildman–Crippen MR) is 172 cm³/mol. The number of urea groups is 1. The van der Waals surface area contributed by atoms with Crippen LogP contribution in [-0.4, -0.2) is 43.7 Å². The highest BCUT2D eigenvalue weighted by Gasteiger charge is 2.48. The number of fused-ring (bicyclic) bond motifs is 2. The third kappa shape index (κ3) is 6.91. The fourth-order valence-electron chi connectivity index (χ4n) is 6.78. The number of amides is 3. The summed E-state index contributed by atoms with van der Waals surface area (Å²) in [7, 11) is 0. The number of carbonyl (C=O) groups excluding carboxylic acids is 2. The lowest BCUT2D eigenvalue weighted by molar-refractivity contribution is -0.153. The highest BCUT2D eigenvalue weighted by atomic mass is 19.4. The van der Waals surface area contributed by atoms with Gasteiger partial charge in [-0.2, -0.15) is 18.3 Å². The molecule has 12 heteroatoms. The minimum atomic E-state index is -4.79. The van der Waals surface area contributed by atoms with Crippen LogP contribution in [0.4, 0.5) is 29.5 Å². The van der Waals surface area contributed by atoms with Crippen LogP contribution in [0.1, 0.15) is 85.4 Å². The van der Waals surface area contributed by atoms with E-state index >= 15 is 0 Å². The average Bonchev–Trinajstić information content (AvgIpc) is 3.67. The summed E-state index contributed by atoms with van der Waals surface area (Å²) in [4.78, 5) is 31.9. The fraction of sp³-hybridized carbons (Fsp3) is 0.429. The second kappa shape index (κ2) is 12.2. The van der Waals surface area contributed by atoms with Gasteiger partial charge in [0.25, 0.3) is 5.91 Å². The van der Waals surface area contributed by atoms with Crippen molar-refractivity contribution in [2.24, 2.45) is 5.92 Å². The van der Waals surface area contributed by atoms with Crippen LogP contribution in [0.3, 0.4) is 0 Å². The average molecular weight is 649 g/mol. The molecule has 0 spiro atoms. The summed E-state index contributed by atoms with van der Waals surface area (Å²) >= 11 is 0. The van der Waals surface area contributed by atoms with Crippen molar-refractivity contribution in [3.8, 4) is 5.69 Å². The summed E-state index contributed by atoms with van der Waals surface area (Å²) in [6, 6.07) is 16.7. The Hall–Kier alpha value is -4.61. The van der Waals surface area contributed by atoms with Gasteiger partial charge in [-0.1, -0.05) is 50.6 Å². The molecule has 0 radical (unpaired) electrons. The lowest BCUT2D eigenvalue weighted by Crippen LogP contribution is -2.47. The number of nitrogens with one attached hydrogen (secondary N) is 2. The van der Waals surface area contributed by atoms with Gasteiger partial charge in [0, 0.05) is 36.2 Å². The summed E-state index contributed by atoms with van der Waals surface area (Å²) in [5.74, 6) is -1.44. The molecule has 9 nitrogen and oxygen atoms in total. The van der Waals surface area contributed by atoms with E-state index in [4.69, 9.17) is 9.52 Å². The van der Waals surface area contributed by atoms with Gasteiger partial charge in [-0.3, -0.25) is 10.1 Å². The van der Waals surface area contributed by atoms with Crippen molar-refractivity contribution in [1.29, 1.82) is 0 Å². The Balaban J connectivity index is 1.11. The summed E-state index contributed by atoms with van der Waals surface area (Å²) in [5, 5.41) is 10.7. The zero-order valence-electron chi connectivity index (χ0n) is 27.1. The van der Waals surface area contributed by atoms with Gasteiger partial charge in [0.2, 0.25) is 5.76 Å². The van der Waals surface area contributed by atoms with Crippen LogP contribution in [0.25, 0.3) is 5.69 Å².